The van der Waals surface area contributed by atoms with Crippen LogP contribution < -0.4 is 10.1 Å². The Hall–Kier alpha value is -2.24. The van der Waals surface area contributed by atoms with Crippen molar-refractivity contribution >= 4 is 5.69 Å². The highest BCUT2D eigenvalue weighted by atomic mass is 19.2. The average molecular weight is 299 g/mol. The van der Waals surface area contributed by atoms with Crippen molar-refractivity contribution < 1.29 is 22.3 Å². The maximum absolute atomic E-state index is 13.6. The summed E-state index contributed by atoms with van der Waals surface area (Å²) in [4.78, 5) is 0. The number of ether oxygens (including phenoxy) is 1. The second kappa shape index (κ2) is 6.03. The molecule has 0 saturated carbocycles. The molecule has 2 nitrogen and oxygen atoms in total. The molecule has 0 aromatic heterocycles. The first-order chi connectivity index (χ1) is 9.92. The summed E-state index contributed by atoms with van der Waals surface area (Å²) in [5.74, 6) is -3.79. The number of benzene rings is 2. The summed E-state index contributed by atoms with van der Waals surface area (Å²) in [6, 6.07) is 4.91. The summed E-state index contributed by atoms with van der Waals surface area (Å²) in [7, 11) is 1.33. The van der Waals surface area contributed by atoms with E-state index >= 15 is 0 Å². The van der Waals surface area contributed by atoms with E-state index in [0.717, 1.165) is 6.07 Å². The van der Waals surface area contributed by atoms with Gasteiger partial charge in [0.15, 0.2) is 23.2 Å². The SMILES string of the molecule is COc1cc(C(C)Nc2cc(F)c(F)cc2F)ccc1F. The van der Waals surface area contributed by atoms with Gasteiger partial charge in [-0.3, -0.25) is 0 Å². The first-order valence-electron chi connectivity index (χ1n) is 6.17. The molecule has 21 heavy (non-hydrogen) atoms. The van der Waals surface area contributed by atoms with Gasteiger partial charge in [-0.05, 0) is 24.6 Å². The molecule has 0 spiro atoms. The van der Waals surface area contributed by atoms with E-state index in [1.807, 2.05) is 0 Å². The molecule has 0 heterocycles. The van der Waals surface area contributed by atoms with Crippen LogP contribution in [0.5, 0.6) is 5.75 Å². The molecule has 0 radical (unpaired) electrons. The van der Waals surface area contributed by atoms with Crippen LogP contribution >= 0.6 is 0 Å². The highest BCUT2D eigenvalue weighted by Gasteiger charge is 2.14. The Bertz CT molecular complexity index is 660. The Morgan fingerprint density at radius 2 is 1.57 bits per heavy atom. The van der Waals surface area contributed by atoms with Gasteiger partial charge < -0.3 is 10.1 Å². The molecule has 0 bridgehead atoms. The number of hydrogen-bond donors (Lipinski definition) is 1. The lowest BCUT2D eigenvalue weighted by Crippen LogP contribution is -2.09. The summed E-state index contributed by atoms with van der Waals surface area (Å²) >= 11 is 0. The summed E-state index contributed by atoms with van der Waals surface area (Å²) < 4.78 is 57.7. The molecule has 112 valence electrons. The van der Waals surface area contributed by atoms with E-state index in [9.17, 15) is 17.6 Å². The van der Waals surface area contributed by atoms with Gasteiger partial charge in [0, 0.05) is 18.2 Å². The van der Waals surface area contributed by atoms with E-state index in [0.29, 0.717) is 11.6 Å². The molecule has 2 aromatic rings. The molecule has 2 aromatic carbocycles. The third kappa shape index (κ3) is 3.26. The first kappa shape index (κ1) is 15.2. The standard InChI is InChI=1S/C15H13F4NO/c1-8(9-3-4-10(16)15(5-9)21-2)20-14-7-12(18)11(17)6-13(14)19/h3-8,20H,1-2H3. The smallest absolute Gasteiger partial charge is 0.165 e. The third-order valence-electron chi connectivity index (χ3n) is 3.06. The number of rotatable bonds is 4. The average Bonchev–Trinajstić information content (AvgIpc) is 2.45. The molecule has 1 atom stereocenters. The molecule has 1 unspecified atom stereocenters. The van der Waals surface area contributed by atoms with Gasteiger partial charge in [0.2, 0.25) is 0 Å². The monoisotopic (exact) mass is 299 g/mol. The zero-order valence-corrected chi connectivity index (χ0v) is 11.4. The molecule has 6 heteroatoms. The molecule has 0 saturated heterocycles. The van der Waals surface area contributed by atoms with Crippen molar-refractivity contribution in [3.63, 3.8) is 0 Å². The summed E-state index contributed by atoms with van der Waals surface area (Å²) in [6.45, 7) is 1.67. The van der Waals surface area contributed by atoms with Crippen LogP contribution in [0.15, 0.2) is 30.3 Å². The Morgan fingerprint density at radius 3 is 2.24 bits per heavy atom. The Kier molecular flexibility index (Phi) is 4.35. The van der Waals surface area contributed by atoms with Crippen LogP contribution in [0.25, 0.3) is 0 Å². The zero-order chi connectivity index (χ0) is 15.6. The molecule has 0 aliphatic carbocycles. The van der Waals surface area contributed by atoms with E-state index in [4.69, 9.17) is 4.74 Å². The second-order valence-corrected chi connectivity index (χ2v) is 4.51. The van der Waals surface area contributed by atoms with Gasteiger partial charge in [-0.25, -0.2) is 17.6 Å². The minimum atomic E-state index is -1.26. The largest absolute Gasteiger partial charge is 0.494 e. The van der Waals surface area contributed by atoms with Crippen LogP contribution in [0.3, 0.4) is 0 Å². The number of methoxy groups -OCH3 is 1. The predicted octanol–water partition coefficient (Wildman–Crippen LogP) is 4.42. The minimum absolute atomic E-state index is 0.0481. The van der Waals surface area contributed by atoms with Crippen LogP contribution in [0.2, 0.25) is 0 Å². The lowest BCUT2D eigenvalue weighted by atomic mass is 10.1. The van der Waals surface area contributed by atoms with Crippen molar-refractivity contribution in [2.24, 2.45) is 0 Å². The fourth-order valence-electron chi connectivity index (χ4n) is 1.90. The van der Waals surface area contributed by atoms with Crippen LogP contribution in [0.1, 0.15) is 18.5 Å². The van der Waals surface area contributed by atoms with Gasteiger partial charge >= 0.3 is 0 Å². The second-order valence-electron chi connectivity index (χ2n) is 4.51. The summed E-state index contributed by atoms with van der Waals surface area (Å²) in [5, 5.41) is 2.71. The highest BCUT2D eigenvalue weighted by Crippen LogP contribution is 2.27. The number of hydrogen-bond acceptors (Lipinski definition) is 2. The van der Waals surface area contributed by atoms with Crippen molar-refractivity contribution in [2.45, 2.75) is 13.0 Å². The lowest BCUT2D eigenvalue weighted by Gasteiger charge is -2.17. The van der Waals surface area contributed by atoms with Crippen molar-refractivity contribution in [1.82, 2.24) is 0 Å². The van der Waals surface area contributed by atoms with E-state index < -0.39 is 29.3 Å². The molecular weight excluding hydrogens is 286 g/mol. The summed E-state index contributed by atoms with van der Waals surface area (Å²) in [6.07, 6.45) is 0. The number of nitrogens with one attached hydrogen (secondary N) is 1. The molecule has 2 rings (SSSR count). The molecule has 0 fully saturated rings. The molecule has 1 N–H and O–H groups in total. The van der Waals surface area contributed by atoms with Gasteiger partial charge in [0.05, 0.1) is 12.8 Å². The van der Waals surface area contributed by atoms with Crippen LogP contribution in [-0.4, -0.2) is 7.11 Å². The van der Waals surface area contributed by atoms with E-state index in [-0.39, 0.29) is 11.4 Å². The Balaban J connectivity index is 2.25. The molecule has 0 aliphatic rings. The number of anilines is 1. The maximum atomic E-state index is 13.6. The maximum Gasteiger partial charge on any atom is 0.165 e. The van der Waals surface area contributed by atoms with E-state index in [1.165, 1.54) is 25.3 Å². The molecule has 0 aliphatic heterocycles. The van der Waals surface area contributed by atoms with E-state index in [2.05, 4.69) is 5.32 Å². The third-order valence-corrected chi connectivity index (χ3v) is 3.06. The van der Waals surface area contributed by atoms with Crippen molar-refractivity contribution in [2.75, 3.05) is 12.4 Å². The first-order valence-corrected chi connectivity index (χ1v) is 6.17. The van der Waals surface area contributed by atoms with Crippen molar-refractivity contribution in [3.05, 3.63) is 59.2 Å². The zero-order valence-electron chi connectivity index (χ0n) is 11.4. The van der Waals surface area contributed by atoms with Crippen LogP contribution in [0.4, 0.5) is 23.2 Å². The fraction of sp³-hybridized carbons (Fsp3) is 0.200. The Labute approximate surface area is 119 Å². The molecule has 0 amide bonds. The van der Waals surface area contributed by atoms with Crippen LogP contribution in [-0.2, 0) is 0 Å². The summed E-state index contributed by atoms with van der Waals surface area (Å²) in [5.41, 5.74) is 0.432. The van der Waals surface area contributed by atoms with Gasteiger partial charge in [-0.1, -0.05) is 6.07 Å². The van der Waals surface area contributed by atoms with Gasteiger partial charge in [-0.15, -0.1) is 0 Å². The minimum Gasteiger partial charge on any atom is -0.494 e. The van der Waals surface area contributed by atoms with Crippen molar-refractivity contribution in [3.8, 4) is 5.75 Å². The molecular formula is C15H13F4NO. The van der Waals surface area contributed by atoms with Crippen molar-refractivity contribution in [1.29, 1.82) is 0 Å². The van der Waals surface area contributed by atoms with E-state index in [1.54, 1.807) is 6.92 Å². The van der Waals surface area contributed by atoms with Gasteiger partial charge in [-0.2, -0.15) is 0 Å². The van der Waals surface area contributed by atoms with Gasteiger partial charge in [0.1, 0.15) is 5.82 Å². The topological polar surface area (TPSA) is 21.3 Å². The predicted molar refractivity (Wildman–Crippen MR) is 71.3 cm³/mol. The van der Waals surface area contributed by atoms with Gasteiger partial charge in [0.25, 0.3) is 0 Å². The normalized spacial score (nSPS) is 12.1. The fourth-order valence-corrected chi connectivity index (χ4v) is 1.90. The lowest BCUT2D eigenvalue weighted by molar-refractivity contribution is 0.385. The van der Waals surface area contributed by atoms with Crippen LogP contribution in [0, 0.1) is 23.3 Å². The quantitative estimate of drug-likeness (QED) is 0.666. The number of halogens is 4. The highest BCUT2D eigenvalue weighted by molar-refractivity contribution is 5.48. The Morgan fingerprint density at radius 1 is 0.905 bits per heavy atom.